The summed E-state index contributed by atoms with van der Waals surface area (Å²) in [7, 11) is 0. The lowest BCUT2D eigenvalue weighted by Gasteiger charge is -2.22. The molecule has 2 heteroatoms. The third kappa shape index (κ3) is 2.64. The van der Waals surface area contributed by atoms with E-state index in [2.05, 4.69) is 25.1 Å². The minimum atomic E-state index is 0.0957. The van der Waals surface area contributed by atoms with Gasteiger partial charge in [0.1, 0.15) is 5.75 Å². The zero-order valence-corrected chi connectivity index (χ0v) is 12.1. The van der Waals surface area contributed by atoms with Crippen LogP contribution in [0.15, 0.2) is 18.2 Å². The van der Waals surface area contributed by atoms with Crippen molar-refractivity contribution >= 4 is 0 Å². The molecule has 2 aliphatic rings. The standard InChI is InChI=1S/C17H25NO/c1-11-7-14(12(2)18)5-6-17(11)19-10-16-9-13-3-4-15(16)8-13/h5-7,12-13,15-16H,3-4,8-10,18H2,1-2H3/t12-,13?,15?,16?/m1/s1. The fourth-order valence-electron chi connectivity index (χ4n) is 3.90. The summed E-state index contributed by atoms with van der Waals surface area (Å²) in [6.07, 6.45) is 5.74. The molecule has 0 spiro atoms. The molecule has 4 atom stereocenters. The van der Waals surface area contributed by atoms with Crippen LogP contribution >= 0.6 is 0 Å². The largest absolute Gasteiger partial charge is 0.493 e. The maximum atomic E-state index is 6.07. The molecular weight excluding hydrogens is 234 g/mol. The van der Waals surface area contributed by atoms with Gasteiger partial charge in [-0.05, 0) is 68.1 Å². The average molecular weight is 259 g/mol. The van der Waals surface area contributed by atoms with Crippen molar-refractivity contribution in [1.82, 2.24) is 0 Å². The molecule has 2 N–H and O–H groups in total. The van der Waals surface area contributed by atoms with Crippen molar-refractivity contribution in [2.24, 2.45) is 23.5 Å². The number of nitrogens with two attached hydrogens (primary N) is 1. The van der Waals surface area contributed by atoms with Crippen LogP contribution in [0.3, 0.4) is 0 Å². The molecule has 3 rings (SSSR count). The zero-order valence-electron chi connectivity index (χ0n) is 12.1. The van der Waals surface area contributed by atoms with Crippen LogP contribution in [-0.2, 0) is 0 Å². The highest BCUT2D eigenvalue weighted by atomic mass is 16.5. The van der Waals surface area contributed by atoms with E-state index in [1.165, 1.54) is 36.8 Å². The number of rotatable bonds is 4. The highest BCUT2D eigenvalue weighted by Crippen LogP contribution is 2.48. The van der Waals surface area contributed by atoms with E-state index in [0.29, 0.717) is 0 Å². The van der Waals surface area contributed by atoms with Crippen molar-refractivity contribution in [2.75, 3.05) is 6.61 Å². The molecule has 3 unspecified atom stereocenters. The summed E-state index contributed by atoms with van der Waals surface area (Å²) in [6, 6.07) is 6.42. The Morgan fingerprint density at radius 2 is 2.16 bits per heavy atom. The topological polar surface area (TPSA) is 35.2 Å². The van der Waals surface area contributed by atoms with Crippen LogP contribution in [0.1, 0.15) is 49.8 Å². The molecule has 0 saturated heterocycles. The fraction of sp³-hybridized carbons (Fsp3) is 0.647. The molecule has 0 amide bonds. The molecular formula is C17H25NO. The van der Waals surface area contributed by atoms with Gasteiger partial charge in [0.05, 0.1) is 6.61 Å². The first-order valence-electron chi connectivity index (χ1n) is 7.62. The molecule has 0 aliphatic heterocycles. The predicted molar refractivity (Wildman–Crippen MR) is 78.2 cm³/mol. The summed E-state index contributed by atoms with van der Waals surface area (Å²) in [5.74, 6) is 3.77. The van der Waals surface area contributed by atoms with Gasteiger partial charge in [0.15, 0.2) is 0 Å². The Morgan fingerprint density at radius 1 is 1.32 bits per heavy atom. The van der Waals surface area contributed by atoms with E-state index in [-0.39, 0.29) is 6.04 Å². The summed E-state index contributed by atoms with van der Waals surface area (Å²) in [4.78, 5) is 0. The lowest BCUT2D eigenvalue weighted by Crippen LogP contribution is -2.18. The van der Waals surface area contributed by atoms with Gasteiger partial charge < -0.3 is 10.5 Å². The van der Waals surface area contributed by atoms with Crippen LogP contribution in [0.5, 0.6) is 5.75 Å². The Hall–Kier alpha value is -1.02. The van der Waals surface area contributed by atoms with Crippen LogP contribution in [0.4, 0.5) is 0 Å². The molecule has 2 nitrogen and oxygen atoms in total. The molecule has 2 aliphatic carbocycles. The second kappa shape index (κ2) is 5.16. The number of benzene rings is 1. The highest BCUT2D eigenvalue weighted by molar-refractivity contribution is 5.37. The first-order valence-corrected chi connectivity index (χ1v) is 7.62. The first kappa shape index (κ1) is 13.0. The number of ether oxygens (including phenoxy) is 1. The van der Waals surface area contributed by atoms with Crippen LogP contribution in [0.25, 0.3) is 0 Å². The normalized spacial score (nSPS) is 30.6. The van der Waals surface area contributed by atoms with Crippen molar-refractivity contribution in [2.45, 2.75) is 45.6 Å². The number of hydrogen-bond acceptors (Lipinski definition) is 2. The lowest BCUT2D eigenvalue weighted by molar-refractivity contribution is 0.194. The van der Waals surface area contributed by atoms with Gasteiger partial charge in [-0.3, -0.25) is 0 Å². The van der Waals surface area contributed by atoms with Crippen LogP contribution in [0.2, 0.25) is 0 Å². The van der Waals surface area contributed by atoms with Crippen molar-refractivity contribution in [3.8, 4) is 5.75 Å². The Bertz CT molecular complexity index is 455. The molecule has 0 heterocycles. The second-order valence-electron chi connectivity index (χ2n) is 6.56. The van der Waals surface area contributed by atoms with E-state index in [9.17, 15) is 0 Å². The zero-order chi connectivity index (χ0) is 13.4. The van der Waals surface area contributed by atoms with Gasteiger partial charge in [-0.15, -0.1) is 0 Å². The van der Waals surface area contributed by atoms with Crippen molar-refractivity contribution in [3.05, 3.63) is 29.3 Å². The third-order valence-electron chi connectivity index (χ3n) is 5.06. The Labute approximate surface area is 116 Å². The summed E-state index contributed by atoms with van der Waals surface area (Å²) in [5, 5.41) is 0. The van der Waals surface area contributed by atoms with Crippen LogP contribution in [0, 0.1) is 24.7 Å². The quantitative estimate of drug-likeness (QED) is 0.892. The van der Waals surface area contributed by atoms with Crippen LogP contribution < -0.4 is 10.5 Å². The fourth-order valence-corrected chi connectivity index (χ4v) is 3.90. The molecule has 2 saturated carbocycles. The van der Waals surface area contributed by atoms with E-state index in [0.717, 1.165) is 30.1 Å². The van der Waals surface area contributed by atoms with E-state index >= 15 is 0 Å². The third-order valence-corrected chi connectivity index (χ3v) is 5.06. The monoisotopic (exact) mass is 259 g/mol. The lowest BCUT2D eigenvalue weighted by atomic mass is 9.89. The summed E-state index contributed by atoms with van der Waals surface area (Å²) < 4.78 is 6.07. The maximum absolute atomic E-state index is 6.07. The van der Waals surface area contributed by atoms with Gasteiger partial charge in [0, 0.05) is 6.04 Å². The second-order valence-corrected chi connectivity index (χ2v) is 6.56. The number of aryl methyl sites for hydroxylation is 1. The number of hydrogen-bond donors (Lipinski definition) is 1. The van der Waals surface area contributed by atoms with Gasteiger partial charge in [0.2, 0.25) is 0 Å². The summed E-state index contributed by atoms with van der Waals surface area (Å²) >= 11 is 0. The Kier molecular flexibility index (Phi) is 3.53. The molecule has 0 aromatic heterocycles. The highest BCUT2D eigenvalue weighted by Gasteiger charge is 2.39. The Balaban J connectivity index is 1.61. The van der Waals surface area contributed by atoms with E-state index in [1.54, 1.807) is 0 Å². The molecule has 2 bridgehead atoms. The summed E-state index contributed by atoms with van der Waals surface area (Å²) in [5.41, 5.74) is 8.30. The predicted octanol–water partition coefficient (Wildman–Crippen LogP) is 3.83. The van der Waals surface area contributed by atoms with Crippen molar-refractivity contribution < 1.29 is 4.74 Å². The van der Waals surface area contributed by atoms with E-state index in [1.807, 2.05) is 6.92 Å². The van der Waals surface area contributed by atoms with E-state index < -0.39 is 0 Å². The van der Waals surface area contributed by atoms with E-state index in [4.69, 9.17) is 10.5 Å². The molecule has 19 heavy (non-hydrogen) atoms. The van der Waals surface area contributed by atoms with Crippen molar-refractivity contribution in [3.63, 3.8) is 0 Å². The van der Waals surface area contributed by atoms with Gasteiger partial charge in [-0.1, -0.05) is 18.6 Å². The Morgan fingerprint density at radius 3 is 2.74 bits per heavy atom. The first-order chi connectivity index (χ1) is 9.13. The molecule has 0 radical (unpaired) electrons. The molecule has 1 aromatic rings. The summed E-state index contributed by atoms with van der Waals surface area (Å²) in [6.45, 7) is 5.03. The average Bonchev–Trinajstić information content (AvgIpc) is 2.99. The minimum Gasteiger partial charge on any atom is -0.493 e. The molecule has 1 aromatic carbocycles. The van der Waals surface area contributed by atoms with Gasteiger partial charge in [-0.25, -0.2) is 0 Å². The van der Waals surface area contributed by atoms with Crippen LogP contribution in [-0.4, -0.2) is 6.61 Å². The minimum absolute atomic E-state index is 0.0957. The van der Waals surface area contributed by atoms with Crippen molar-refractivity contribution in [1.29, 1.82) is 0 Å². The van der Waals surface area contributed by atoms with Gasteiger partial charge in [-0.2, -0.15) is 0 Å². The van der Waals surface area contributed by atoms with Gasteiger partial charge in [0.25, 0.3) is 0 Å². The number of fused-ring (bicyclic) bond motifs is 2. The molecule has 104 valence electrons. The maximum Gasteiger partial charge on any atom is 0.122 e. The SMILES string of the molecule is Cc1cc([C@@H](C)N)ccc1OCC1CC2CCC1C2. The molecule has 2 fully saturated rings. The van der Waals surface area contributed by atoms with Gasteiger partial charge >= 0.3 is 0 Å². The smallest absolute Gasteiger partial charge is 0.122 e.